The van der Waals surface area contributed by atoms with Gasteiger partial charge in [0.1, 0.15) is 6.54 Å². The fraction of sp³-hybridized carbons (Fsp3) is 0.273. The normalized spacial score (nSPS) is 9.81. The average Bonchev–Trinajstić information content (AvgIpc) is 2.63. The zero-order valence-corrected chi connectivity index (χ0v) is 11.1. The van der Waals surface area contributed by atoms with Crippen LogP contribution in [-0.4, -0.2) is 33.7 Å². The molecule has 0 unspecified atom stereocenters. The summed E-state index contributed by atoms with van der Waals surface area (Å²) in [5, 5.41) is 4.07. The van der Waals surface area contributed by atoms with Crippen LogP contribution in [0.25, 0.3) is 0 Å². The summed E-state index contributed by atoms with van der Waals surface area (Å²) >= 11 is 2.16. The molecule has 1 aromatic rings. The smallest absolute Gasteiger partial charge is 0.244 e. The number of nitrogens with zero attached hydrogens (tertiary/aromatic N) is 3. The van der Waals surface area contributed by atoms with Gasteiger partial charge in [0.2, 0.25) is 5.91 Å². The molecule has 0 N–H and O–H groups in total. The van der Waals surface area contributed by atoms with Gasteiger partial charge < -0.3 is 4.90 Å². The molecule has 1 rings (SSSR count). The van der Waals surface area contributed by atoms with Gasteiger partial charge >= 0.3 is 0 Å². The zero-order valence-electron chi connectivity index (χ0n) is 8.97. The van der Waals surface area contributed by atoms with E-state index < -0.39 is 0 Å². The van der Waals surface area contributed by atoms with E-state index >= 15 is 0 Å². The van der Waals surface area contributed by atoms with Gasteiger partial charge in [0.15, 0.2) is 0 Å². The van der Waals surface area contributed by atoms with Crippen molar-refractivity contribution < 1.29 is 4.79 Å². The molecule has 1 heterocycles. The lowest BCUT2D eigenvalue weighted by Crippen LogP contribution is -2.34. The van der Waals surface area contributed by atoms with E-state index in [9.17, 15) is 4.79 Å². The number of aromatic nitrogens is 2. The van der Waals surface area contributed by atoms with Crippen molar-refractivity contribution >= 4 is 28.5 Å². The second-order valence-corrected chi connectivity index (χ2v) is 4.48. The summed E-state index contributed by atoms with van der Waals surface area (Å²) < 4.78 is 2.65. The minimum absolute atomic E-state index is 0.0132. The Balaban J connectivity index is 2.60. The third kappa shape index (κ3) is 3.80. The summed E-state index contributed by atoms with van der Waals surface area (Å²) in [5.41, 5.74) is 0. The summed E-state index contributed by atoms with van der Waals surface area (Å²) in [6, 6.07) is 0. The highest BCUT2D eigenvalue weighted by molar-refractivity contribution is 14.1. The first-order valence-corrected chi connectivity index (χ1v) is 5.92. The Labute approximate surface area is 109 Å². The lowest BCUT2D eigenvalue weighted by Gasteiger charge is -2.18. The van der Waals surface area contributed by atoms with Crippen molar-refractivity contribution in [2.24, 2.45) is 0 Å². The molecule has 0 aliphatic rings. The van der Waals surface area contributed by atoms with Gasteiger partial charge in [0.25, 0.3) is 0 Å². The van der Waals surface area contributed by atoms with Crippen LogP contribution in [-0.2, 0) is 11.3 Å². The van der Waals surface area contributed by atoms with Gasteiger partial charge in [-0.15, -0.1) is 13.2 Å². The Kier molecular flexibility index (Phi) is 5.24. The van der Waals surface area contributed by atoms with Crippen LogP contribution in [0, 0.1) is 3.57 Å². The van der Waals surface area contributed by atoms with Gasteiger partial charge in [-0.2, -0.15) is 5.10 Å². The molecule has 0 atom stereocenters. The minimum Gasteiger partial charge on any atom is -0.334 e. The summed E-state index contributed by atoms with van der Waals surface area (Å²) in [4.78, 5) is 13.5. The second kappa shape index (κ2) is 6.47. The maximum atomic E-state index is 11.9. The predicted molar refractivity (Wildman–Crippen MR) is 71.9 cm³/mol. The Morgan fingerprint density at radius 2 is 2.12 bits per heavy atom. The van der Waals surface area contributed by atoms with E-state index in [0.29, 0.717) is 13.1 Å². The summed E-state index contributed by atoms with van der Waals surface area (Å²) in [7, 11) is 0. The number of hydrogen-bond donors (Lipinski definition) is 0. The van der Waals surface area contributed by atoms with E-state index in [1.165, 1.54) is 0 Å². The maximum Gasteiger partial charge on any atom is 0.244 e. The molecule has 0 radical (unpaired) electrons. The van der Waals surface area contributed by atoms with Gasteiger partial charge in [-0.25, -0.2) is 0 Å². The number of hydrogen-bond acceptors (Lipinski definition) is 2. The van der Waals surface area contributed by atoms with Crippen LogP contribution in [0.4, 0.5) is 0 Å². The summed E-state index contributed by atoms with van der Waals surface area (Å²) in [6.45, 7) is 8.57. The van der Waals surface area contributed by atoms with Crippen LogP contribution >= 0.6 is 22.6 Å². The van der Waals surface area contributed by atoms with E-state index in [4.69, 9.17) is 0 Å². The molecule has 0 saturated heterocycles. The number of carbonyl (C=O) groups is 1. The SMILES string of the molecule is C=CCN(CC=C)C(=O)Cn1cc(I)cn1. The average molecular weight is 331 g/mol. The first kappa shape index (κ1) is 13.0. The molecule has 0 bridgehead atoms. The number of carbonyl (C=O) groups excluding carboxylic acids is 1. The van der Waals surface area contributed by atoms with Crippen LogP contribution in [0.5, 0.6) is 0 Å². The maximum absolute atomic E-state index is 11.9. The van der Waals surface area contributed by atoms with Crippen LogP contribution < -0.4 is 0 Å². The zero-order chi connectivity index (χ0) is 12.0. The molecule has 1 aromatic heterocycles. The largest absolute Gasteiger partial charge is 0.334 e. The minimum atomic E-state index is 0.0132. The first-order valence-electron chi connectivity index (χ1n) is 4.85. The predicted octanol–water partition coefficient (Wildman–Crippen LogP) is 1.69. The molecular weight excluding hydrogens is 317 g/mol. The van der Waals surface area contributed by atoms with Crippen molar-refractivity contribution in [3.05, 3.63) is 41.3 Å². The first-order chi connectivity index (χ1) is 7.67. The van der Waals surface area contributed by atoms with Crippen LogP contribution in [0.1, 0.15) is 0 Å². The molecule has 16 heavy (non-hydrogen) atoms. The second-order valence-electron chi connectivity index (χ2n) is 3.23. The van der Waals surface area contributed by atoms with E-state index in [1.54, 1.807) is 27.9 Å². The Bertz CT molecular complexity index is 376. The number of rotatable bonds is 6. The molecular formula is C11H14IN3O. The van der Waals surface area contributed by atoms with Crippen LogP contribution in [0.15, 0.2) is 37.7 Å². The molecule has 0 spiro atoms. The monoisotopic (exact) mass is 331 g/mol. The molecule has 0 aliphatic carbocycles. The van der Waals surface area contributed by atoms with Crippen molar-refractivity contribution in [2.75, 3.05) is 13.1 Å². The van der Waals surface area contributed by atoms with Crippen molar-refractivity contribution in [1.82, 2.24) is 14.7 Å². The molecule has 1 amide bonds. The van der Waals surface area contributed by atoms with Gasteiger partial charge in [-0.1, -0.05) is 12.2 Å². The Morgan fingerprint density at radius 1 is 1.50 bits per heavy atom. The summed E-state index contributed by atoms with van der Waals surface area (Å²) in [5.74, 6) is 0.0132. The topological polar surface area (TPSA) is 38.1 Å². The van der Waals surface area contributed by atoms with Crippen molar-refractivity contribution in [3.63, 3.8) is 0 Å². The third-order valence-electron chi connectivity index (χ3n) is 1.95. The highest BCUT2D eigenvalue weighted by Gasteiger charge is 2.11. The fourth-order valence-corrected chi connectivity index (χ4v) is 1.70. The van der Waals surface area contributed by atoms with Crippen LogP contribution in [0.3, 0.4) is 0 Å². The fourth-order valence-electron chi connectivity index (χ4n) is 1.25. The van der Waals surface area contributed by atoms with E-state index in [1.807, 2.05) is 6.20 Å². The van der Waals surface area contributed by atoms with Gasteiger partial charge in [-0.05, 0) is 22.6 Å². The molecule has 0 aromatic carbocycles. The lowest BCUT2D eigenvalue weighted by atomic mass is 10.4. The standard InChI is InChI=1S/C11H14IN3O/c1-3-5-14(6-4-2)11(16)9-15-8-10(12)7-13-15/h3-4,7-8H,1-2,5-6,9H2. The third-order valence-corrected chi connectivity index (χ3v) is 2.51. The lowest BCUT2D eigenvalue weighted by molar-refractivity contribution is -0.131. The molecule has 4 nitrogen and oxygen atoms in total. The van der Waals surface area contributed by atoms with Gasteiger partial charge in [0.05, 0.1) is 9.77 Å². The quantitative estimate of drug-likeness (QED) is 0.588. The van der Waals surface area contributed by atoms with Crippen LogP contribution in [0.2, 0.25) is 0 Å². The Morgan fingerprint density at radius 3 is 2.56 bits per heavy atom. The number of amides is 1. The van der Waals surface area contributed by atoms with E-state index in [2.05, 4.69) is 40.8 Å². The molecule has 86 valence electrons. The van der Waals surface area contributed by atoms with Gasteiger partial charge in [-0.3, -0.25) is 9.48 Å². The van der Waals surface area contributed by atoms with Crippen molar-refractivity contribution in [3.8, 4) is 0 Å². The Hall–Kier alpha value is -1.11. The van der Waals surface area contributed by atoms with Crippen molar-refractivity contribution in [1.29, 1.82) is 0 Å². The molecule has 0 fully saturated rings. The van der Waals surface area contributed by atoms with Crippen molar-refractivity contribution in [2.45, 2.75) is 6.54 Å². The highest BCUT2D eigenvalue weighted by Crippen LogP contribution is 2.02. The number of halogens is 1. The van der Waals surface area contributed by atoms with E-state index in [0.717, 1.165) is 3.57 Å². The molecule has 0 aliphatic heterocycles. The molecule has 5 heteroatoms. The molecule has 0 saturated carbocycles. The highest BCUT2D eigenvalue weighted by atomic mass is 127. The summed E-state index contributed by atoms with van der Waals surface area (Å²) in [6.07, 6.45) is 6.96. The van der Waals surface area contributed by atoms with Gasteiger partial charge in [0, 0.05) is 19.3 Å². The van der Waals surface area contributed by atoms with E-state index in [-0.39, 0.29) is 12.5 Å².